The maximum Gasteiger partial charge on any atom is 0.0931 e. The first-order chi connectivity index (χ1) is 7.58. The van der Waals surface area contributed by atoms with Crippen molar-refractivity contribution >= 4 is 46.1 Å². The quantitative estimate of drug-likeness (QED) is 0.623. The third-order valence-corrected chi connectivity index (χ3v) is 4.49. The van der Waals surface area contributed by atoms with E-state index in [1.165, 1.54) is 11.3 Å². The van der Waals surface area contributed by atoms with Crippen LogP contribution in [0.3, 0.4) is 0 Å². The third-order valence-electron chi connectivity index (χ3n) is 2.36. The number of hydrogen-bond donors (Lipinski definition) is 0. The molecule has 0 bridgehead atoms. The first-order valence-electron chi connectivity index (χ1n) is 4.73. The maximum atomic E-state index is 6.42. The summed E-state index contributed by atoms with van der Waals surface area (Å²) in [5.41, 5.74) is 2.17. The largest absolute Gasteiger partial charge is 0.127 e. The van der Waals surface area contributed by atoms with Crippen LogP contribution in [0.15, 0.2) is 30.3 Å². The van der Waals surface area contributed by atoms with E-state index in [2.05, 4.69) is 0 Å². The molecule has 0 saturated carbocycles. The Labute approximate surface area is 114 Å². The average Bonchev–Trinajstić information content (AvgIpc) is 2.67. The summed E-state index contributed by atoms with van der Waals surface area (Å²) < 4.78 is 0.750. The van der Waals surface area contributed by atoms with Gasteiger partial charge in [0.2, 0.25) is 0 Å². The first kappa shape index (κ1) is 12.3. The summed E-state index contributed by atoms with van der Waals surface area (Å²) >= 11 is 19.8. The zero-order valence-corrected chi connectivity index (χ0v) is 11.6. The Morgan fingerprint density at radius 2 is 1.88 bits per heavy atom. The Bertz CT molecular complexity index is 505. The normalized spacial score (nSPS) is 12.8. The van der Waals surface area contributed by atoms with E-state index >= 15 is 0 Å². The lowest BCUT2D eigenvalue weighted by molar-refractivity contribution is 1.15. The van der Waals surface area contributed by atoms with Crippen molar-refractivity contribution < 1.29 is 0 Å². The fraction of sp³-hybridized carbons (Fsp3) is 0.167. The number of halogens is 3. The van der Waals surface area contributed by atoms with Crippen molar-refractivity contribution in [1.82, 2.24) is 0 Å². The van der Waals surface area contributed by atoms with Crippen molar-refractivity contribution in [2.45, 2.75) is 12.3 Å². The molecule has 1 unspecified atom stereocenters. The summed E-state index contributed by atoms with van der Waals surface area (Å²) in [6, 6.07) is 9.55. The maximum absolute atomic E-state index is 6.42. The van der Waals surface area contributed by atoms with Crippen molar-refractivity contribution in [3.8, 4) is 0 Å². The highest BCUT2D eigenvalue weighted by molar-refractivity contribution is 7.16. The molecule has 0 saturated heterocycles. The van der Waals surface area contributed by atoms with Crippen LogP contribution >= 0.6 is 46.1 Å². The molecule has 1 aromatic heterocycles. The van der Waals surface area contributed by atoms with E-state index in [1.54, 1.807) is 0 Å². The van der Waals surface area contributed by atoms with Gasteiger partial charge in [0.05, 0.1) is 9.71 Å². The van der Waals surface area contributed by atoms with Gasteiger partial charge in [0.25, 0.3) is 0 Å². The molecule has 1 heterocycles. The lowest BCUT2D eigenvalue weighted by Gasteiger charge is -2.11. The summed E-state index contributed by atoms with van der Waals surface area (Å²) in [5, 5.41) is 0.519. The Balaban J connectivity index is 2.40. The fourth-order valence-electron chi connectivity index (χ4n) is 1.50. The number of hydrogen-bond acceptors (Lipinski definition) is 1. The minimum atomic E-state index is -0.184. The fourth-order valence-corrected chi connectivity index (χ4v) is 3.18. The Hall–Kier alpha value is -0.210. The SMILES string of the molecule is Cc1ccc(Cl)cc1C(Cl)c1ccc(Cl)s1. The molecular weight excluding hydrogens is 283 g/mol. The second-order valence-electron chi connectivity index (χ2n) is 3.51. The highest BCUT2D eigenvalue weighted by Gasteiger charge is 2.15. The predicted octanol–water partition coefficient (Wildman–Crippen LogP) is 5.69. The van der Waals surface area contributed by atoms with Gasteiger partial charge in [-0.25, -0.2) is 0 Å². The predicted molar refractivity (Wildman–Crippen MR) is 73.2 cm³/mol. The van der Waals surface area contributed by atoms with E-state index in [0.717, 1.165) is 20.3 Å². The van der Waals surface area contributed by atoms with Crippen LogP contribution in [-0.2, 0) is 0 Å². The second kappa shape index (κ2) is 4.97. The van der Waals surface area contributed by atoms with E-state index in [1.807, 2.05) is 37.3 Å². The molecule has 0 aliphatic carbocycles. The van der Waals surface area contributed by atoms with E-state index in [-0.39, 0.29) is 5.38 Å². The van der Waals surface area contributed by atoms with Gasteiger partial charge in [-0.05, 0) is 42.3 Å². The number of alkyl halides is 1. The molecule has 0 N–H and O–H groups in total. The van der Waals surface area contributed by atoms with Gasteiger partial charge in [-0.2, -0.15) is 0 Å². The van der Waals surface area contributed by atoms with E-state index in [4.69, 9.17) is 34.8 Å². The van der Waals surface area contributed by atoms with Crippen LogP contribution in [0.25, 0.3) is 0 Å². The van der Waals surface area contributed by atoms with Crippen molar-refractivity contribution in [1.29, 1.82) is 0 Å². The molecule has 0 fully saturated rings. The lowest BCUT2D eigenvalue weighted by atomic mass is 10.0. The highest BCUT2D eigenvalue weighted by atomic mass is 35.5. The van der Waals surface area contributed by atoms with Crippen LogP contribution < -0.4 is 0 Å². The van der Waals surface area contributed by atoms with Crippen LogP contribution in [0.5, 0.6) is 0 Å². The standard InChI is InChI=1S/C12H9Cl3S/c1-7-2-3-8(13)6-9(7)12(15)10-4-5-11(14)16-10/h2-6,12H,1H3. The molecule has 1 atom stereocenters. The molecular formula is C12H9Cl3S. The summed E-state index contributed by atoms with van der Waals surface area (Å²) in [6.45, 7) is 2.02. The van der Waals surface area contributed by atoms with Gasteiger partial charge in [0, 0.05) is 9.90 Å². The van der Waals surface area contributed by atoms with Gasteiger partial charge >= 0.3 is 0 Å². The van der Waals surface area contributed by atoms with Crippen molar-refractivity contribution in [2.75, 3.05) is 0 Å². The zero-order valence-electron chi connectivity index (χ0n) is 8.51. The molecule has 0 aliphatic heterocycles. The van der Waals surface area contributed by atoms with Gasteiger partial charge < -0.3 is 0 Å². The number of aryl methyl sites for hydroxylation is 1. The molecule has 1 aromatic carbocycles. The summed E-state index contributed by atoms with van der Waals surface area (Å²) in [6.07, 6.45) is 0. The molecule has 2 aromatic rings. The molecule has 0 nitrogen and oxygen atoms in total. The van der Waals surface area contributed by atoms with Gasteiger partial charge in [0.15, 0.2) is 0 Å². The minimum absolute atomic E-state index is 0.184. The van der Waals surface area contributed by atoms with E-state index in [0.29, 0.717) is 5.02 Å². The third kappa shape index (κ3) is 2.54. The number of thiophene rings is 1. The van der Waals surface area contributed by atoms with E-state index in [9.17, 15) is 0 Å². The monoisotopic (exact) mass is 290 g/mol. The smallest absolute Gasteiger partial charge is 0.0931 e. The molecule has 0 radical (unpaired) electrons. The first-order valence-corrected chi connectivity index (χ1v) is 6.74. The zero-order chi connectivity index (χ0) is 11.7. The summed E-state index contributed by atoms with van der Waals surface area (Å²) in [4.78, 5) is 1.04. The second-order valence-corrected chi connectivity index (χ2v) is 6.12. The van der Waals surface area contributed by atoms with Crippen LogP contribution in [0.4, 0.5) is 0 Å². The Morgan fingerprint density at radius 3 is 2.50 bits per heavy atom. The Morgan fingerprint density at radius 1 is 1.12 bits per heavy atom. The van der Waals surface area contributed by atoms with Crippen LogP contribution in [-0.4, -0.2) is 0 Å². The average molecular weight is 292 g/mol. The molecule has 16 heavy (non-hydrogen) atoms. The number of rotatable bonds is 2. The van der Waals surface area contributed by atoms with E-state index < -0.39 is 0 Å². The minimum Gasteiger partial charge on any atom is -0.127 e. The molecule has 2 rings (SSSR count). The summed E-state index contributed by atoms with van der Waals surface area (Å²) in [5.74, 6) is 0. The van der Waals surface area contributed by atoms with Crippen LogP contribution in [0.1, 0.15) is 21.4 Å². The van der Waals surface area contributed by atoms with Gasteiger partial charge in [-0.3, -0.25) is 0 Å². The van der Waals surface area contributed by atoms with Crippen LogP contribution in [0, 0.1) is 6.92 Å². The van der Waals surface area contributed by atoms with Crippen molar-refractivity contribution in [3.05, 3.63) is 55.7 Å². The van der Waals surface area contributed by atoms with Crippen molar-refractivity contribution in [3.63, 3.8) is 0 Å². The number of benzene rings is 1. The van der Waals surface area contributed by atoms with Gasteiger partial charge in [-0.15, -0.1) is 22.9 Å². The molecule has 0 amide bonds. The van der Waals surface area contributed by atoms with Gasteiger partial charge in [-0.1, -0.05) is 29.3 Å². The molecule has 4 heteroatoms. The van der Waals surface area contributed by atoms with Gasteiger partial charge in [0.1, 0.15) is 0 Å². The molecule has 0 aliphatic rings. The lowest BCUT2D eigenvalue weighted by Crippen LogP contribution is -1.93. The van der Waals surface area contributed by atoms with Crippen molar-refractivity contribution in [2.24, 2.45) is 0 Å². The molecule has 0 spiro atoms. The Kier molecular flexibility index (Phi) is 3.81. The van der Waals surface area contributed by atoms with Crippen LogP contribution in [0.2, 0.25) is 9.36 Å². The molecule has 84 valence electrons. The summed E-state index contributed by atoms with van der Waals surface area (Å²) in [7, 11) is 0. The topological polar surface area (TPSA) is 0 Å². The highest BCUT2D eigenvalue weighted by Crippen LogP contribution is 2.37.